The number of fused-ring (bicyclic) bond motifs is 1. The Kier molecular flexibility index (Phi) is 4.29. The van der Waals surface area contributed by atoms with Crippen LogP contribution in [0.4, 0.5) is 4.39 Å². The number of hydrogen-bond donors (Lipinski definition) is 1. The van der Waals surface area contributed by atoms with E-state index in [-0.39, 0.29) is 12.4 Å². The van der Waals surface area contributed by atoms with E-state index < -0.39 is 18.1 Å². The molecule has 0 fully saturated rings. The fourth-order valence-corrected chi connectivity index (χ4v) is 2.50. The highest BCUT2D eigenvalue weighted by Gasteiger charge is 2.12. The number of pyridine rings is 1. The normalized spacial score (nSPS) is 10.7. The molecule has 0 spiro atoms. The predicted octanol–water partition coefficient (Wildman–Crippen LogP) is 2.80. The summed E-state index contributed by atoms with van der Waals surface area (Å²) in [6.07, 6.45) is 0. The molecule has 0 bridgehead atoms. The first-order chi connectivity index (χ1) is 11.6. The van der Waals surface area contributed by atoms with Gasteiger partial charge in [0.1, 0.15) is 24.7 Å². The Balaban J connectivity index is 2.04. The van der Waals surface area contributed by atoms with Gasteiger partial charge in [0.05, 0.1) is 5.52 Å². The number of carboxylic acid groups (broad SMARTS) is 1. The molecule has 0 aliphatic heterocycles. The fourth-order valence-electron chi connectivity index (χ4n) is 2.50. The minimum absolute atomic E-state index is 0.0259. The molecule has 1 aromatic heterocycles. The average molecular weight is 327 g/mol. The van der Waals surface area contributed by atoms with Gasteiger partial charge in [-0.15, -0.1) is 0 Å². The molecule has 5 nitrogen and oxygen atoms in total. The minimum Gasteiger partial charge on any atom is -0.487 e. The van der Waals surface area contributed by atoms with Crippen molar-refractivity contribution in [3.63, 3.8) is 0 Å². The molecule has 0 aliphatic carbocycles. The maximum atomic E-state index is 13.7. The molecule has 0 amide bonds. The Hall–Kier alpha value is -3.15. The molecule has 0 radical (unpaired) electrons. The van der Waals surface area contributed by atoms with Gasteiger partial charge in [-0.1, -0.05) is 30.3 Å². The largest absolute Gasteiger partial charge is 0.487 e. The zero-order valence-corrected chi connectivity index (χ0v) is 12.6. The number of aliphatic carboxylic acids is 1. The molecule has 3 rings (SSSR count). The van der Waals surface area contributed by atoms with E-state index in [0.717, 1.165) is 4.57 Å². The Morgan fingerprint density at radius 3 is 2.62 bits per heavy atom. The van der Waals surface area contributed by atoms with Crippen molar-refractivity contribution in [3.05, 3.63) is 76.3 Å². The molecule has 24 heavy (non-hydrogen) atoms. The summed E-state index contributed by atoms with van der Waals surface area (Å²) >= 11 is 0. The van der Waals surface area contributed by atoms with Gasteiger partial charge in [0.2, 0.25) is 0 Å². The Labute approximate surface area is 136 Å². The van der Waals surface area contributed by atoms with Crippen LogP contribution in [0.2, 0.25) is 0 Å². The highest BCUT2D eigenvalue weighted by Crippen LogP contribution is 2.25. The second-order valence-corrected chi connectivity index (χ2v) is 5.23. The van der Waals surface area contributed by atoms with E-state index in [1.54, 1.807) is 42.5 Å². The van der Waals surface area contributed by atoms with E-state index in [2.05, 4.69) is 0 Å². The SMILES string of the molecule is O=C(O)Cn1c(=O)ccc2cccc(OCc3ccccc3F)c21. The van der Waals surface area contributed by atoms with Crippen molar-refractivity contribution in [1.29, 1.82) is 0 Å². The van der Waals surface area contributed by atoms with Crippen LogP contribution >= 0.6 is 0 Å². The third-order valence-electron chi connectivity index (χ3n) is 3.61. The van der Waals surface area contributed by atoms with Gasteiger partial charge >= 0.3 is 5.97 Å². The number of carbonyl (C=O) groups is 1. The van der Waals surface area contributed by atoms with Crippen molar-refractivity contribution in [3.8, 4) is 5.75 Å². The summed E-state index contributed by atoms with van der Waals surface area (Å²) in [5, 5.41) is 9.70. The fraction of sp³-hybridized carbons (Fsp3) is 0.111. The molecule has 0 atom stereocenters. The second kappa shape index (κ2) is 6.54. The van der Waals surface area contributed by atoms with Crippen LogP contribution in [0, 0.1) is 5.82 Å². The average Bonchev–Trinajstić information content (AvgIpc) is 2.56. The lowest BCUT2D eigenvalue weighted by Gasteiger charge is -2.14. The van der Waals surface area contributed by atoms with Crippen molar-refractivity contribution in [2.45, 2.75) is 13.2 Å². The van der Waals surface area contributed by atoms with E-state index in [1.165, 1.54) is 12.1 Å². The summed E-state index contributed by atoms with van der Waals surface area (Å²) in [6.45, 7) is -0.502. The Morgan fingerprint density at radius 1 is 1.08 bits per heavy atom. The van der Waals surface area contributed by atoms with Gasteiger partial charge in [-0.25, -0.2) is 4.39 Å². The highest BCUT2D eigenvalue weighted by atomic mass is 19.1. The van der Waals surface area contributed by atoms with Crippen LogP contribution in [-0.4, -0.2) is 15.6 Å². The smallest absolute Gasteiger partial charge is 0.323 e. The molecule has 6 heteroatoms. The molecule has 3 aromatic rings. The van der Waals surface area contributed by atoms with E-state index in [4.69, 9.17) is 9.84 Å². The van der Waals surface area contributed by atoms with Crippen LogP contribution in [0.1, 0.15) is 5.56 Å². The molecular formula is C18H14FNO4. The molecule has 122 valence electrons. The highest BCUT2D eigenvalue weighted by molar-refractivity contribution is 5.86. The number of hydrogen-bond acceptors (Lipinski definition) is 3. The van der Waals surface area contributed by atoms with Crippen LogP contribution < -0.4 is 10.3 Å². The zero-order chi connectivity index (χ0) is 17.1. The molecule has 0 unspecified atom stereocenters. The van der Waals surface area contributed by atoms with Gasteiger partial charge in [-0.05, 0) is 18.2 Å². The predicted molar refractivity (Wildman–Crippen MR) is 86.6 cm³/mol. The zero-order valence-electron chi connectivity index (χ0n) is 12.6. The Morgan fingerprint density at radius 2 is 1.88 bits per heavy atom. The molecule has 2 aromatic carbocycles. The van der Waals surface area contributed by atoms with Gasteiger partial charge in [-0.3, -0.25) is 14.2 Å². The third kappa shape index (κ3) is 3.12. The van der Waals surface area contributed by atoms with Crippen molar-refractivity contribution in [1.82, 2.24) is 4.57 Å². The Bertz CT molecular complexity index is 965. The first kappa shape index (κ1) is 15.7. The third-order valence-corrected chi connectivity index (χ3v) is 3.61. The van der Waals surface area contributed by atoms with Gasteiger partial charge in [0.15, 0.2) is 0 Å². The monoisotopic (exact) mass is 327 g/mol. The second-order valence-electron chi connectivity index (χ2n) is 5.23. The standard InChI is InChI=1S/C18H14FNO4/c19-14-6-2-1-4-13(14)11-24-15-7-3-5-12-8-9-16(21)20(18(12)15)10-17(22)23/h1-9H,10-11H2,(H,22,23). The number of aromatic nitrogens is 1. The lowest BCUT2D eigenvalue weighted by atomic mass is 10.2. The quantitative estimate of drug-likeness (QED) is 0.782. The van der Waals surface area contributed by atoms with Crippen LogP contribution in [0.3, 0.4) is 0 Å². The van der Waals surface area contributed by atoms with E-state index in [0.29, 0.717) is 22.2 Å². The van der Waals surface area contributed by atoms with Crippen molar-refractivity contribution in [2.24, 2.45) is 0 Å². The van der Waals surface area contributed by atoms with Gasteiger partial charge in [0.25, 0.3) is 5.56 Å². The molecule has 0 saturated heterocycles. The van der Waals surface area contributed by atoms with Gasteiger partial charge in [0, 0.05) is 17.0 Å². The minimum atomic E-state index is -1.13. The van der Waals surface area contributed by atoms with E-state index >= 15 is 0 Å². The molecular weight excluding hydrogens is 313 g/mol. The van der Waals surface area contributed by atoms with Crippen molar-refractivity contribution < 1.29 is 19.0 Å². The maximum Gasteiger partial charge on any atom is 0.323 e. The van der Waals surface area contributed by atoms with Crippen LogP contribution in [0.15, 0.2) is 59.4 Å². The molecule has 0 saturated carbocycles. The number of halogens is 1. The molecule has 1 N–H and O–H groups in total. The number of carboxylic acids is 1. The topological polar surface area (TPSA) is 68.5 Å². The summed E-state index contributed by atoms with van der Waals surface area (Å²) in [6, 6.07) is 14.2. The number of benzene rings is 2. The summed E-state index contributed by atoms with van der Waals surface area (Å²) in [5.41, 5.74) is 0.313. The van der Waals surface area contributed by atoms with Gasteiger partial charge < -0.3 is 9.84 Å². The number of rotatable bonds is 5. The number of nitrogens with zero attached hydrogens (tertiary/aromatic N) is 1. The lowest BCUT2D eigenvalue weighted by Crippen LogP contribution is -2.23. The molecule has 0 aliphatic rings. The summed E-state index contributed by atoms with van der Waals surface area (Å²) in [4.78, 5) is 23.1. The molecule has 1 heterocycles. The first-order valence-electron chi connectivity index (χ1n) is 7.27. The van der Waals surface area contributed by atoms with Crippen LogP contribution in [0.5, 0.6) is 5.75 Å². The van der Waals surface area contributed by atoms with Crippen LogP contribution in [-0.2, 0) is 17.9 Å². The lowest BCUT2D eigenvalue weighted by molar-refractivity contribution is -0.137. The summed E-state index contributed by atoms with van der Waals surface area (Å²) in [7, 11) is 0. The van der Waals surface area contributed by atoms with Crippen molar-refractivity contribution in [2.75, 3.05) is 0 Å². The first-order valence-corrected chi connectivity index (χ1v) is 7.27. The van der Waals surface area contributed by atoms with E-state index in [9.17, 15) is 14.0 Å². The number of ether oxygens (including phenoxy) is 1. The number of para-hydroxylation sites is 1. The van der Waals surface area contributed by atoms with E-state index in [1.807, 2.05) is 0 Å². The van der Waals surface area contributed by atoms with Crippen molar-refractivity contribution >= 4 is 16.9 Å². The summed E-state index contributed by atoms with van der Waals surface area (Å²) < 4.78 is 20.5. The maximum absolute atomic E-state index is 13.7. The summed E-state index contributed by atoms with van der Waals surface area (Å²) in [5.74, 6) is -1.19. The van der Waals surface area contributed by atoms with Gasteiger partial charge in [-0.2, -0.15) is 0 Å². The van der Waals surface area contributed by atoms with Crippen LogP contribution in [0.25, 0.3) is 10.9 Å².